The average molecular weight is 554 g/mol. The molecule has 8 rings (SSSR count). The molecule has 0 fully saturated rings. The molecule has 198 valence electrons. The van der Waals surface area contributed by atoms with Gasteiger partial charge in [-0.15, -0.1) is 11.3 Å². The number of anilines is 3. The number of hydrogen-bond acceptors (Lipinski definition) is 2. The minimum Gasteiger partial charge on any atom is -0.310 e. The van der Waals surface area contributed by atoms with Gasteiger partial charge in [-0.2, -0.15) is 0 Å². The van der Waals surface area contributed by atoms with Crippen LogP contribution in [-0.2, 0) is 0 Å². The van der Waals surface area contributed by atoms with Crippen molar-refractivity contribution in [3.8, 4) is 22.3 Å². The Balaban J connectivity index is 1.40. The van der Waals surface area contributed by atoms with Crippen molar-refractivity contribution in [3.05, 3.63) is 164 Å². The van der Waals surface area contributed by atoms with Crippen molar-refractivity contribution in [2.24, 2.45) is 0 Å². The van der Waals surface area contributed by atoms with Crippen molar-refractivity contribution in [1.29, 1.82) is 0 Å². The van der Waals surface area contributed by atoms with Gasteiger partial charge in [-0.25, -0.2) is 0 Å². The molecule has 0 spiro atoms. The number of thiophene rings is 1. The fourth-order valence-electron chi connectivity index (χ4n) is 6.08. The maximum absolute atomic E-state index is 2.42. The lowest BCUT2D eigenvalue weighted by molar-refractivity contribution is 1.29. The quantitative estimate of drug-likeness (QED) is 0.205. The summed E-state index contributed by atoms with van der Waals surface area (Å²) in [5, 5.41) is 5.13. The first-order valence-electron chi connectivity index (χ1n) is 14.3. The van der Waals surface area contributed by atoms with E-state index in [4.69, 9.17) is 0 Å². The maximum atomic E-state index is 2.42. The van der Waals surface area contributed by atoms with Gasteiger partial charge in [0.15, 0.2) is 0 Å². The largest absolute Gasteiger partial charge is 0.310 e. The Morgan fingerprint density at radius 2 is 1.07 bits per heavy atom. The maximum Gasteiger partial charge on any atom is 0.0546 e. The van der Waals surface area contributed by atoms with Gasteiger partial charge in [0.1, 0.15) is 0 Å². The zero-order chi connectivity index (χ0) is 27.9. The molecule has 0 radical (unpaired) electrons. The molecule has 2 heteroatoms. The number of fused-ring (bicyclic) bond motifs is 4. The van der Waals surface area contributed by atoms with Crippen LogP contribution in [0.1, 0.15) is 0 Å². The van der Waals surface area contributed by atoms with Gasteiger partial charge in [0, 0.05) is 37.1 Å². The van der Waals surface area contributed by atoms with Crippen LogP contribution >= 0.6 is 11.3 Å². The molecule has 1 heterocycles. The van der Waals surface area contributed by atoms with Crippen molar-refractivity contribution < 1.29 is 0 Å². The first-order valence-corrected chi connectivity index (χ1v) is 15.1. The van der Waals surface area contributed by atoms with E-state index in [-0.39, 0.29) is 0 Å². The van der Waals surface area contributed by atoms with Gasteiger partial charge in [-0.05, 0) is 63.9 Å². The predicted molar refractivity (Wildman–Crippen MR) is 182 cm³/mol. The highest BCUT2D eigenvalue weighted by atomic mass is 32.1. The third-order valence-corrected chi connectivity index (χ3v) is 9.19. The van der Waals surface area contributed by atoms with E-state index in [0.29, 0.717) is 0 Å². The third kappa shape index (κ3) is 4.25. The summed E-state index contributed by atoms with van der Waals surface area (Å²) in [6.45, 7) is 0. The summed E-state index contributed by atoms with van der Waals surface area (Å²) in [6, 6.07) is 59.2. The summed E-state index contributed by atoms with van der Waals surface area (Å²) >= 11 is 1.86. The summed E-state index contributed by atoms with van der Waals surface area (Å²) in [6.07, 6.45) is 0. The monoisotopic (exact) mass is 553 g/mol. The predicted octanol–water partition coefficient (Wildman–Crippen LogP) is 12.0. The highest BCUT2D eigenvalue weighted by molar-refractivity contribution is 7.25. The van der Waals surface area contributed by atoms with Crippen LogP contribution in [0, 0.1) is 0 Å². The molecule has 1 nitrogen and oxygen atoms in total. The van der Waals surface area contributed by atoms with Gasteiger partial charge in [0.25, 0.3) is 0 Å². The molecule has 0 N–H and O–H groups in total. The average Bonchev–Trinajstić information content (AvgIpc) is 3.43. The highest BCUT2D eigenvalue weighted by Gasteiger charge is 2.20. The lowest BCUT2D eigenvalue weighted by Crippen LogP contribution is -2.11. The fourth-order valence-corrected chi connectivity index (χ4v) is 7.22. The van der Waals surface area contributed by atoms with Crippen molar-refractivity contribution in [2.75, 3.05) is 4.90 Å². The van der Waals surface area contributed by atoms with Crippen LogP contribution in [0.2, 0.25) is 0 Å². The molecule has 0 amide bonds. The molecule has 1 aromatic heterocycles. The van der Waals surface area contributed by atoms with Crippen molar-refractivity contribution >= 4 is 59.3 Å². The first kappa shape index (κ1) is 24.6. The second-order valence-corrected chi connectivity index (χ2v) is 11.7. The Bertz CT molecular complexity index is 2190. The molecular weight excluding hydrogens is 527 g/mol. The molecule has 0 bridgehead atoms. The summed E-state index contributed by atoms with van der Waals surface area (Å²) in [5.41, 5.74) is 8.25. The number of benzene rings is 7. The normalized spacial score (nSPS) is 11.3. The molecule has 0 saturated carbocycles. The van der Waals surface area contributed by atoms with Crippen LogP contribution in [0.15, 0.2) is 164 Å². The summed E-state index contributed by atoms with van der Waals surface area (Å²) < 4.78 is 2.61. The van der Waals surface area contributed by atoms with E-state index in [2.05, 4.69) is 169 Å². The molecular formula is C40H27NS. The lowest BCUT2D eigenvalue weighted by atomic mass is 9.94. The Morgan fingerprint density at radius 1 is 0.381 bits per heavy atom. The summed E-state index contributed by atoms with van der Waals surface area (Å²) in [4.78, 5) is 2.42. The Kier molecular flexibility index (Phi) is 6.05. The zero-order valence-corrected chi connectivity index (χ0v) is 23.8. The van der Waals surface area contributed by atoms with Gasteiger partial charge >= 0.3 is 0 Å². The Hall–Kier alpha value is -5.18. The topological polar surface area (TPSA) is 3.24 Å². The Labute approximate surface area is 249 Å². The van der Waals surface area contributed by atoms with Crippen molar-refractivity contribution in [1.82, 2.24) is 0 Å². The number of hydrogen-bond donors (Lipinski definition) is 0. The van der Waals surface area contributed by atoms with Crippen molar-refractivity contribution in [2.45, 2.75) is 0 Å². The van der Waals surface area contributed by atoms with Gasteiger partial charge in [-0.1, -0.05) is 127 Å². The number of para-hydroxylation sites is 1. The smallest absolute Gasteiger partial charge is 0.0546 e. The summed E-state index contributed by atoms with van der Waals surface area (Å²) in [7, 11) is 0. The molecule has 0 aliphatic rings. The van der Waals surface area contributed by atoms with Crippen LogP contribution in [0.3, 0.4) is 0 Å². The Morgan fingerprint density at radius 3 is 1.93 bits per heavy atom. The van der Waals surface area contributed by atoms with Gasteiger partial charge < -0.3 is 4.90 Å². The van der Waals surface area contributed by atoms with Gasteiger partial charge in [0.2, 0.25) is 0 Å². The van der Waals surface area contributed by atoms with E-state index < -0.39 is 0 Å². The highest BCUT2D eigenvalue weighted by Crippen LogP contribution is 2.45. The van der Waals surface area contributed by atoms with Crippen LogP contribution in [0.4, 0.5) is 17.1 Å². The summed E-state index contributed by atoms with van der Waals surface area (Å²) in [5.74, 6) is 0. The molecule has 0 aliphatic carbocycles. The zero-order valence-electron chi connectivity index (χ0n) is 22.9. The molecule has 8 aromatic rings. The second kappa shape index (κ2) is 10.3. The van der Waals surface area contributed by atoms with Crippen LogP contribution in [0.25, 0.3) is 53.2 Å². The minimum absolute atomic E-state index is 1.13. The minimum atomic E-state index is 1.13. The number of nitrogens with zero attached hydrogens (tertiary/aromatic N) is 1. The fraction of sp³-hybridized carbons (Fsp3) is 0. The molecule has 0 atom stereocenters. The number of rotatable bonds is 5. The first-order chi connectivity index (χ1) is 20.8. The molecule has 42 heavy (non-hydrogen) atoms. The molecule has 0 aliphatic heterocycles. The van der Waals surface area contributed by atoms with E-state index in [1.165, 1.54) is 53.2 Å². The van der Waals surface area contributed by atoms with Crippen molar-refractivity contribution in [3.63, 3.8) is 0 Å². The van der Waals surface area contributed by atoms with Crippen LogP contribution < -0.4 is 4.90 Å². The van der Waals surface area contributed by atoms with Gasteiger partial charge in [-0.3, -0.25) is 0 Å². The molecule has 0 unspecified atom stereocenters. The standard InChI is InChI=1S/C40H27NS/c1-3-12-29(13-4-1)35-24-22-30(34-20-11-15-28-14-7-8-18-33(28)34)26-38(35)41(31-16-5-2-6-17-31)32-23-25-37-36-19-9-10-21-39(36)42-40(37)27-32/h1-27H. The molecule has 0 saturated heterocycles. The van der Waals surface area contributed by atoms with E-state index in [0.717, 1.165) is 17.1 Å². The van der Waals surface area contributed by atoms with E-state index >= 15 is 0 Å². The van der Waals surface area contributed by atoms with Crippen LogP contribution in [0.5, 0.6) is 0 Å². The SMILES string of the molecule is c1ccc(-c2ccc(-c3cccc4ccccc34)cc2N(c2ccccc2)c2ccc3c(c2)sc2ccccc23)cc1. The second-order valence-electron chi connectivity index (χ2n) is 10.6. The third-order valence-electron chi connectivity index (χ3n) is 8.06. The molecule has 7 aromatic carbocycles. The van der Waals surface area contributed by atoms with E-state index in [1.807, 2.05) is 11.3 Å². The van der Waals surface area contributed by atoms with E-state index in [1.54, 1.807) is 0 Å². The lowest BCUT2D eigenvalue weighted by Gasteiger charge is -2.28. The van der Waals surface area contributed by atoms with E-state index in [9.17, 15) is 0 Å². The van der Waals surface area contributed by atoms with Crippen LogP contribution in [-0.4, -0.2) is 0 Å². The van der Waals surface area contributed by atoms with Gasteiger partial charge in [0.05, 0.1) is 5.69 Å².